The topological polar surface area (TPSA) is 115 Å². The number of nitrogens with one attached hydrogen (secondary N) is 1. The zero-order valence-electron chi connectivity index (χ0n) is 25.1. The number of amides is 1. The van der Waals surface area contributed by atoms with Crippen molar-refractivity contribution in [1.29, 1.82) is 0 Å². The number of ether oxygens (including phenoxy) is 4. The average Bonchev–Trinajstić information content (AvgIpc) is 3.27. The predicted molar refractivity (Wildman–Crippen MR) is 160 cm³/mol. The SMILES string of the molecule is CCCN(CCN1CCC1)c1nc(OC)c(NC(=O)C2OC(Oc3cc([Si](C)(C)C)ccc3C)=CC2=O)c(OC)n1. The number of rotatable bonds is 13. The Morgan fingerprint density at radius 2 is 1.83 bits per heavy atom. The van der Waals surface area contributed by atoms with Crippen LogP contribution >= 0.6 is 0 Å². The second-order valence-electron chi connectivity index (χ2n) is 11.3. The van der Waals surface area contributed by atoms with Crippen molar-refractivity contribution >= 4 is 36.6 Å². The summed E-state index contributed by atoms with van der Waals surface area (Å²) in [5.74, 6) is -0.00366. The third kappa shape index (κ3) is 7.17. The molecule has 0 aliphatic carbocycles. The van der Waals surface area contributed by atoms with Crippen LogP contribution in [0.1, 0.15) is 25.3 Å². The number of hydrogen-bond acceptors (Lipinski definition) is 10. The number of aromatic nitrogens is 2. The van der Waals surface area contributed by atoms with Gasteiger partial charge in [0.2, 0.25) is 29.6 Å². The molecule has 0 spiro atoms. The van der Waals surface area contributed by atoms with Gasteiger partial charge in [-0.3, -0.25) is 9.59 Å². The number of ketones is 1. The van der Waals surface area contributed by atoms with Gasteiger partial charge in [0.05, 0.1) is 28.4 Å². The van der Waals surface area contributed by atoms with Gasteiger partial charge < -0.3 is 34.1 Å². The highest BCUT2D eigenvalue weighted by Crippen LogP contribution is 2.34. The normalized spacial score (nSPS) is 16.9. The molecule has 0 bridgehead atoms. The summed E-state index contributed by atoms with van der Waals surface area (Å²) in [6.45, 7) is 15.4. The molecular weight excluding hydrogens is 542 g/mol. The molecule has 1 atom stereocenters. The molecule has 12 heteroatoms. The van der Waals surface area contributed by atoms with E-state index in [1.165, 1.54) is 31.9 Å². The molecule has 41 heavy (non-hydrogen) atoms. The Kier molecular flexibility index (Phi) is 9.54. The molecule has 1 N–H and O–H groups in total. The van der Waals surface area contributed by atoms with Gasteiger partial charge in [0, 0.05) is 19.6 Å². The van der Waals surface area contributed by atoms with Crippen LogP contribution < -0.4 is 29.6 Å². The van der Waals surface area contributed by atoms with Crippen LogP contribution in [0.25, 0.3) is 0 Å². The van der Waals surface area contributed by atoms with E-state index in [0.717, 1.165) is 44.7 Å². The quantitative estimate of drug-likeness (QED) is 0.279. The van der Waals surface area contributed by atoms with Crippen molar-refractivity contribution in [1.82, 2.24) is 14.9 Å². The Morgan fingerprint density at radius 1 is 1.15 bits per heavy atom. The molecule has 3 heterocycles. The first-order valence-corrected chi connectivity index (χ1v) is 17.5. The number of anilines is 2. The van der Waals surface area contributed by atoms with Crippen molar-refractivity contribution in [3.63, 3.8) is 0 Å². The van der Waals surface area contributed by atoms with Crippen molar-refractivity contribution in [3.8, 4) is 17.5 Å². The van der Waals surface area contributed by atoms with Crippen molar-refractivity contribution in [2.75, 3.05) is 57.2 Å². The molecule has 1 fully saturated rings. The van der Waals surface area contributed by atoms with Crippen molar-refractivity contribution in [2.45, 2.75) is 52.4 Å². The molecule has 0 saturated carbocycles. The van der Waals surface area contributed by atoms with Crippen LogP contribution in [0.2, 0.25) is 19.6 Å². The highest BCUT2D eigenvalue weighted by molar-refractivity contribution is 6.88. The first-order chi connectivity index (χ1) is 19.5. The number of carbonyl (C=O) groups excluding carboxylic acids is 2. The zero-order valence-corrected chi connectivity index (χ0v) is 26.1. The minimum atomic E-state index is -1.59. The Bertz CT molecular complexity index is 1280. The molecule has 2 aliphatic heterocycles. The third-order valence-corrected chi connectivity index (χ3v) is 9.18. The van der Waals surface area contributed by atoms with Crippen LogP contribution in [0.3, 0.4) is 0 Å². The Hall–Kier alpha value is -3.64. The minimum Gasteiger partial charge on any atom is -0.479 e. The Morgan fingerprint density at radius 3 is 2.39 bits per heavy atom. The van der Waals surface area contributed by atoms with Crippen LogP contribution in [-0.4, -0.2) is 87.7 Å². The van der Waals surface area contributed by atoms with Gasteiger partial charge in [-0.15, -0.1) is 0 Å². The summed E-state index contributed by atoms with van der Waals surface area (Å²) < 4.78 is 22.6. The van der Waals surface area contributed by atoms with E-state index in [9.17, 15) is 9.59 Å². The predicted octanol–water partition coefficient (Wildman–Crippen LogP) is 3.10. The van der Waals surface area contributed by atoms with Gasteiger partial charge >= 0.3 is 0 Å². The van der Waals surface area contributed by atoms with E-state index >= 15 is 0 Å². The maximum atomic E-state index is 13.2. The molecule has 1 aromatic heterocycles. The molecule has 4 rings (SSSR count). The summed E-state index contributed by atoms with van der Waals surface area (Å²) in [6.07, 6.45) is 1.89. The summed E-state index contributed by atoms with van der Waals surface area (Å²) >= 11 is 0. The van der Waals surface area contributed by atoms with Crippen molar-refractivity contribution in [3.05, 3.63) is 35.8 Å². The first kappa shape index (κ1) is 30.3. The molecule has 1 unspecified atom stereocenters. The molecule has 0 radical (unpaired) electrons. The molecule has 1 amide bonds. The molecule has 222 valence electrons. The lowest BCUT2D eigenvalue weighted by Gasteiger charge is -2.33. The van der Waals surface area contributed by atoms with Crippen LogP contribution in [-0.2, 0) is 14.3 Å². The van der Waals surface area contributed by atoms with Gasteiger partial charge in [0.1, 0.15) is 5.75 Å². The average molecular weight is 584 g/mol. The van der Waals surface area contributed by atoms with E-state index in [1.54, 1.807) is 0 Å². The van der Waals surface area contributed by atoms with Crippen LogP contribution in [0.5, 0.6) is 17.5 Å². The molecule has 2 aromatic rings. The van der Waals surface area contributed by atoms with Crippen molar-refractivity contribution < 1.29 is 28.5 Å². The van der Waals surface area contributed by atoms with E-state index in [2.05, 4.69) is 57.7 Å². The summed E-state index contributed by atoms with van der Waals surface area (Å²) in [4.78, 5) is 39.6. The van der Waals surface area contributed by atoms with Crippen LogP contribution in [0.15, 0.2) is 30.2 Å². The second-order valence-corrected chi connectivity index (χ2v) is 16.4. The highest BCUT2D eigenvalue weighted by Gasteiger charge is 2.37. The maximum absolute atomic E-state index is 13.2. The van der Waals surface area contributed by atoms with Crippen LogP contribution in [0.4, 0.5) is 11.6 Å². The molecule has 11 nitrogen and oxygen atoms in total. The standard InChI is InChI=1S/C29H41N5O6Si/c1-8-12-34(16-15-33-13-9-14-33)29-31-27(37-3)24(28(32-29)38-4)30-26(36)25-21(35)18-23(40-25)39-22-17-20(41(5,6)7)11-10-19(22)2/h10-11,17-18,25H,8-9,12-16H2,1-7H3,(H,30,36). The van der Waals surface area contributed by atoms with E-state index in [1.807, 2.05) is 19.1 Å². The van der Waals surface area contributed by atoms with Gasteiger partial charge in [-0.2, -0.15) is 9.97 Å². The lowest BCUT2D eigenvalue weighted by molar-refractivity contribution is -0.134. The third-order valence-electron chi connectivity index (χ3n) is 7.13. The lowest BCUT2D eigenvalue weighted by atomic mass is 10.2. The molecular formula is C29H41N5O6Si. The van der Waals surface area contributed by atoms with E-state index in [-0.39, 0.29) is 23.4 Å². The summed E-state index contributed by atoms with van der Waals surface area (Å²) in [5.41, 5.74) is 1.01. The van der Waals surface area contributed by atoms with Gasteiger partial charge in [-0.1, -0.05) is 43.9 Å². The lowest BCUT2D eigenvalue weighted by Crippen LogP contribution is -2.43. The zero-order chi connectivity index (χ0) is 29.7. The molecule has 1 saturated heterocycles. The number of carbonyl (C=O) groups is 2. The van der Waals surface area contributed by atoms with Gasteiger partial charge in [0.15, 0.2) is 5.69 Å². The van der Waals surface area contributed by atoms with Crippen molar-refractivity contribution in [2.24, 2.45) is 0 Å². The first-order valence-electron chi connectivity index (χ1n) is 14.0. The van der Waals surface area contributed by atoms with Gasteiger partial charge in [-0.05, 0) is 44.5 Å². The number of hydrogen-bond donors (Lipinski definition) is 1. The molecule has 1 aromatic carbocycles. The van der Waals surface area contributed by atoms with Crippen LogP contribution in [0, 0.1) is 6.92 Å². The smallest absolute Gasteiger partial charge is 0.289 e. The Balaban J connectivity index is 1.48. The summed E-state index contributed by atoms with van der Waals surface area (Å²) in [7, 11) is 1.32. The number of nitrogens with zero attached hydrogens (tertiary/aromatic N) is 4. The largest absolute Gasteiger partial charge is 0.479 e. The van der Waals surface area contributed by atoms with E-state index in [0.29, 0.717) is 11.7 Å². The number of likely N-dealkylation sites (tertiary alicyclic amines) is 1. The Labute approximate surface area is 242 Å². The summed E-state index contributed by atoms with van der Waals surface area (Å²) in [5, 5.41) is 3.88. The van der Waals surface area contributed by atoms with E-state index in [4.69, 9.17) is 18.9 Å². The summed E-state index contributed by atoms with van der Waals surface area (Å²) in [6, 6.07) is 6.06. The highest BCUT2D eigenvalue weighted by atomic mass is 28.3. The fourth-order valence-electron chi connectivity index (χ4n) is 4.51. The fourth-order valence-corrected chi connectivity index (χ4v) is 5.66. The fraction of sp³-hybridized carbons (Fsp3) is 0.517. The monoisotopic (exact) mass is 583 g/mol. The number of methoxy groups -OCH3 is 2. The van der Waals surface area contributed by atoms with E-state index < -0.39 is 25.9 Å². The number of aryl methyl sites for hydroxylation is 1. The molecule has 2 aliphatic rings. The minimum absolute atomic E-state index is 0.0334. The van der Waals surface area contributed by atoms with Gasteiger partial charge in [-0.25, -0.2) is 0 Å². The number of benzene rings is 1. The maximum Gasteiger partial charge on any atom is 0.289 e. The van der Waals surface area contributed by atoms with Gasteiger partial charge in [0.25, 0.3) is 11.9 Å². The second kappa shape index (κ2) is 12.9.